The van der Waals surface area contributed by atoms with Crippen LogP contribution < -0.4 is 5.32 Å². The van der Waals surface area contributed by atoms with Gasteiger partial charge < -0.3 is 14.6 Å². The summed E-state index contributed by atoms with van der Waals surface area (Å²) in [5, 5.41) is 15.5. The molecule has 1 atom stereocenters. The molecule has 0 spiro atoms. The lowest BCUT2D eigenvalue weighted by atomic mass is 10.1. The Labute approximate surface area is 156 Å². The zero-order valence-corrected chi connectivity index (χ0v) is 16.6. The molecule has 0 saturated heterocycles. The fourth-order valence-electron chi connectivity index (χ4n) is 2.10. The van der Waals surface area contributed by atoms with Gasteiger partial charge in [-0.25, -0.2) is 14.6 Å². The van der Waals surface area contributed by atoms with E-state index in [1.165, 1.54) is 11.3 Å². The fourth-order valence-corrected chi connectivity index (χ4v) is 2.92. The van der Waals surface area contributed by atoms with Crippen LogP contribution in [0.2, 0.25) is 0 Å². The van der Waals surface area contributed by atoms with Gasteiger partial charge in [-0.1, -0.05) is 0 Å². The minimum Gasteiger partial charge on any atom is -0.458 e. The minimum absolute atomic E-state index is 0.0937. The molecule has 2 N–H and O–H groups in total. The molecule has 0 saturated carbocycles. The van der Waals surface area contributed by atoms with Crippen molar-refractivity contribution in [1.29, 1.82) is 0 Å². The number of fused-ring (bicyclic) bond motifs is 1. The summed E-state index contributed by atoms with van der Waals surface area (Å²) in [6.45, 7) is 10.4. The van der Waals surface area contributed by atoms with Gasteiger partial charge >= 0.3 is 12.1 Å². The average molecular weight is 380 g/mol. The molecule has 142 valence electrons. The zero-order chi connectivity index (χ0) is 19.7. The van der Waals surface area contributed by atoms with Crippen LogP contribution >= 0.6 is 11.3 Å². The SMILES string of the molecule is CC(C)(C)OC(=O)Nc1nc(C(O)C(=O)OC(C)(C)C)cc2ccsc12. The molecule has 0 fully saturated rings. The van der Waals surface area contributed by atoms with E-state index >= 15 is 0 Å². The van der Waals surface area contributed by atoms with Gasteiger partial charge in [0.05, 0.1) is 10.4 Å². The minimum atomic E-state index is -1.56. The lowest BCUT2D eigenvalue weighted by Crippen LogP contribution is -2.29. The Morgan fingerprint density at radius 3 is 2.35 bits per heavy atom. The number of carbonyl (C=O) groups excluding carboxylic acids is 2. The highest BCUT2D eigenvalue weighted by Gasteiger charge is 2.27. The first kappa shape index (κ1) is 20.1. The van der Waals surface area contributed by atoms with Crippen LogP contribution in [0.25, 0.3) is 10.1 Å². The number of carbonyl (C=O) groups is 2. The molecule has 26 heavy (non-hydrogen) atoms. The number of hydrogen-bond acceptors (Lipinski definition) is 7. The zero-order valence-electron chi connectivity index (χ0n) is 15.7. The molecule has 0 aliphatic rings. The van der Waals surface area contributed by atoms with Crippen molar-refractivity contribution >= 4 is 39.3 Å². The number of aromatic nitrogens is 1. The van der Waals surface area contributed by atoms with Crippen LogP contribution in [0.15, 0.2) is 17.5 Å². The Balaban J connectivity index is 2.32. The summed E-state index contributed by atoms with van der Waals surface area (Å²) in [6, 6.07) is 3.41. The number of nitrogens with zero attached hydrogens (tertiary/aromatic N) is 1. The largest absolute Gasteiger partial charge is 0.458 e. The van der Waals surface area contributed by atoms with Gasteiger partial charge in [0.1, 0.15) is 11.2 Å². The third kappa shape index (κ3) is 5.40. The van der Waals surface area contributed by atoms with Gasteiger partial charge in [0, 0.05) is 0 Å². The van der Waals surface area contributed by atoms with Gasteiger partial charge in [-0.2, -0.15) is 0 Å². The van der Waals surface area contributed by atoms with E-state index in [-0.39, 0.29) is 11.5 Å². The van der Waals surface area contributed by atoms with Gasteiger partial charge in [0.25, 0.3) is 0 Å². The molecule has 2 rings (SSSR count). The molecule has 0 radical (unpaired) electrons. The van der Waals surface area contributed by atoms with Crippen LogP contribution in [0.4, 0.5) is 10.6 Å². The van der Waals surface area contributed by atoms with Crippen LogP contribution in [0.3, 0.4) is 0 Å². The monoisotopic (exact) mass is 380 g/mol. The summed E-state index contributed by atoms with van der Waals surface area (Å²) in [5.74, 6) is -0.577. The van der Waals surface area contributed by atoms with E-state index in [2.05, 4.69) is 10.3 Å². The van der Waals surface area contributed by atoms with Crippen molar-refractivity contribution in [1.82, 2.24) is 4.98 Å². The molecule has 0 bridgehead atoms. The van der Waals surface area contributed by atoms with Gasteiger partial charge in [-0.3, -0.25) is 5.32 Å². The molecule has 2 aromatic heterocycles. The van der Waals surface area contributed by atoms with Crippen molar-refractivity contribution in [2.45, 2.75) is 58.8 Å². The third-order valence-electron chi connectivity index (χ3n) is 2.98. The van der Waals surface area contributed by atoms with Crippen molar-refractivity contribution in [2.75, 3.05) is 5.32 Å². The average Bonchev–Trinajstić information content (AvgIpc) is 2.90. The highest BCUT2D eigenvalue weighted by atomic mass is 32.1. The van der Waals surface area contributed by atoms with Gasteiger partial charge in [-0.05, 0) is 64.4 Å². The molecular weight excluding hydrogens is 356 g/mol. The Morgan fingerprint density at radius 2 is 1.77 bits per heavy atom. The maximum atomic E-state index is 12.1. The summed E-state index contributed by atoms with van der Waals surface area (Å²) < 4.78 is 11.2. The van der Waals surface area contributed by atoms with Crippen LogP contribution in [0.1, 0.15) is 53.3 Å². The van der Waals surface area contributed by atoms with E-state index < -0.39 is 29.4 Å². The first-order valence-corrected chi connectivity index (χ1v) is 9.03. The van der Waals surface area contributed by atoms with E-state index in [4.69, 9.17) is 9.47 Å². The van der Waals surface area contributed by atoms with Crippen molar-refractivity contribution in [2.24, 2.45) is 0 Å². The van der Waals surface area contributed by atoms with Crippen molar-refractivity contribution < 1.29 is 24.2 Å². The number of pyridine rings is 1. The van der Waals surface area contributed by atoms with Crippen molar-refractivity contribution in [3.05, 3.63) is 23.2 Å². The predicted octanol–water partition coefficient (Wildman–Crippen LogP) is 4.02. The highest BCUT2D eigenvalue weighted by Crippen LogP contribution is 2.31. The summed E-state index contributed by atoms with van der Waals surface area (Å²) in [6.07, 6.45) is -2.22. The van der Waals surface area contributed by atoms with Crippen LogP contribution in [0.5, 0.6) is 0 Å². The number of rotatable bonds is 3. The summed E-state index contributed by atoms with van der Waals surface area (Å²) in [4.78, 5) is 28.4. The van der Waals surface area contributed by atoms with Crippen molar-refractivity contribution in [3.8, 4) is 0 Å². The van der Waals surface area contributed by atoms with Gasteiger partial charge in [-0.15, -0.1) is 11.3 Å². The standard InChI is InChI=1S/C18H24N2O5S/c1-17(2,3)24-15(22)12(21)11-9-10-7-8-26-13(10)14(19-11)20-16(23)25-18(4,5)6/h7-9,12,21H,1-6H3,(H,19,20,23). The first-order valence-electron chi connectivity index (χ1n) is 8.15. The van der Waals surface area contributed by atoms with E-state index in [1.54, 1.807) is 47.6 Å². The maximum Gasteiger partial charge on any atom is 0.413 e. The summed E-state index contributed by atoms with van der Waals surface area (Å²) >= 11 is 1.38. The van der Waals surface area contributed by atoms with Crippen LogP contribution in [0, 0.1) is 0 Å². The van der Waals surface area contributed by atoms with Crippen molar-refractivity contribution in [3.63, 3.8) is 0 Å². The predicted molar refractivity (Wildman–Crippen MR) is 100 cm³/mol. The topological polar surface area (TPSA) is 97.8 Å². The quantitative estimate of drug-likeness (QED) is 0.781. The molecule has 2 aromatic rings. The number of anilines is 1. The van der Waals surface area contributed by atoms with E-state index in [0.717, 1.165) is 10.1 Å². The Hall–Kier alpha value is -2.19. The number of hydrogen-bond donors (Lipinski definition) is 2. The Kier molecular flexibility index (Phi) is 5.58. The Bertz CT molecular complexity index is 817. The van der Waals surface area contributed by atoms with E-state index in [0.29, 0.717) is 0 Å². The molecule has 2 heterocycles. The molecule has 0 aromatic carbocycles. The highest BCUT2D eigenvalue weighted by molar-refractivity contribution is 7.17. The smallest absolute Gasteiger partial charge is 0.413 e. The second-order valence-electron chi connectivity index (χ2n) is 7.80. The second-order valence-corrected chi connectivity index (χ2v) is 8.71. The normalized spacial score (nSPS) is 13.3. The lowest BCUT2D eigenvalue weighted by molar-refractivity contribution is -0.165. The van der Waals surface area contributed by atoms with Gasteiger partial charge in [0.15, 0.2) is 11.9 Å². The van der Waals surface area contributed by atoms with Crippen LogP contribution in [-0.4, -0.2) is 33.4 Å². The fraction of sp³-hybridized carbons (Fsp3) is 0.500. The van der Waals surface area contributed by atoms with E-state index in [1.807, 2.05) is 11.4 Å². The Morgan fingerprint density at radius 1 is 1.15 bits per heavy atom. The molecule has 1 amide bonds. The van der Waals surface area contributed by atoms with E-state index in [9.17, 15) is 14.7 Å². The summed E-state index contributed by atoms with van der Waals surface area (Å²) in [5.41, 5.74) is -1.30. The van der Waals surface area contributed by atoms with Gasteiger partial charge in [0.2, 0.25) is 0 Å². The van der Waals surface area contributed by atoms with Crippen LogP contribution in [-0.2, 0) is 14.3 Å². The molecule has 0 aliphatic heterocycles. The number of aliphatic hydroxyl groups excluding tert-OH is 1. The maximum absolute atomic E-state index is 12.1. The second kappa shape index (κ2) is 7.20. The number of aliphatic hydroxyl groups is 1. The molecule has 0 aliphatic carbocycles. The first-order chi connectivity index (χ1) is 11.9. The number of thiophene rings is 1. The number of nitrogens with one attached hydrogen (secondary N) is 1. The lowest BCUT2D eigenvalue weighted by Gasteiger charge is -2.22. The molecular formula is C18H24N2O5S. The third-order valence-corrected chi connectivity index (χ3v) is 3.92. The summed E-state index contributed by atoms with van der Waals surface area (Å²) in [7, 11) is 0. The molecule has 1 unspecified atom stereocenters. The number of esters is 1. The number of amides is 1. The molecule has 8 heteroatoms. The molecule has 7 nitrogen and oxygen atoms in total. The number of ether oxygens (including phenoxy) is 2.